The van der Waals surface area contributed by atoms with Crippen LogP contribution in [0.25, 0.3) is 0 Å². The lowest BCUT2D eigenvalue weighted by Gasteiger charge is -2.26. The van der Waals surface area contributed by atoms with Crippen molar-refractivity contribution >= 4 is 11.6 Å². The monoisotopic (exact) mass is 279 g/mol. The molecule has 110 valence electrons. The van der Waals surface area contributed by atoms with Crippen molar-refractivity contribution in [3.8, 4) is 0 Å². The summed E-state index contributed by atoms with van der Waals surface area (Å²) in [7, 11) is 0. The number of amides is 1. The number of nitrogens with two attached hydrogens (primary N) is 1. The first-order valence-corrected chi connectivity index (χ1v) is 6.88. The van der Waals surface area contributed by atoms with E-state index in [1.165, 1.54) is 0 Å². The summed E-state index contributed by atoms with van der Waals surface area (Å²) in [6, 6.07) is 2.77. The minimum atomic E-state index is -0.681. The molecule has 0 aliphatic carbocycles. The van der Waals surface area contributed by atoms with E-state index in [0.717, 1.165) is 12.1 Å². The molecule has 1 aliphatic heterocycles. The van der Waals surface area contributed by atoms with Crippen LogP contribution in [0.3, 0.4) is 0 Å². The Morgan fingerprint density at radius 1 is 1.45 bits per heavy atom. The molecule has 0 saturated carbocycles. The van der Waals surface area contributed by atoms with Crippen LogP contribution in [-0.2, 0) is 17.8 Å². The Morgan fingerprint density at radius 3 is 2.80 bits per heavy atom. The van der Waals surface area contributed by atoms with Gasteiger partial charge in [-0.2, -0.15) is 0 Å². The van der Waals surface area contributed by atoms with Crippen molar-refractivity contribution in [2.24, 2.45) is 11.1 Å². The molecule has 4 nitrogen and oxygen atoms in total. The Balaban J connectivity index is 2.20. The van der Waals surface area contributed by atoms with Crippen molar-refractivity contribution in [3.05, 3.63) is 29.1 Å². The number of carbonyl (C=O) groups excluding carboxylic acids is 1. The number of benzene rings is 1. The molecule has 0 fully saturated rings. The molecule has 0 aromatic heterocycles. The van der Waals surface area contributed by atoms with Gasteiger partial charge >= 0.3 is 0 Å². The smallest absolute Gasteiger partial charge is 0.241 e. The minimum absolute atomic E-state index is 0.218. The van der Waals surface area contributed by atoms with Crippen molar-refractivity contribution in [2.75, 3.05) is 11.9 Å². The van der Waals surface area contributed by atoms with Gasteiger partial charge in [0.2, 0.25) is 5.91 Å². The van der Waals surface area contributed by atoms with Gasteiger partial charge in [0.1, 0.15) is 5.82 Å². The Labute approximate surface area is 118 Å². The molecule has 0 saturated heterocycles. The highest BCUT2D eigenvalue weighted by atomic mass is 19.1. The Morgan fingerprint density at radius 2 is 2.15 bits per heavy atom. The number of hydrogen-bond donors (Lipinski definition) is 3. The summed E-state index contributed by atoms with van der Waals surface area (Å²) < 4.78 is 14.4. The summed E-state index contributed by atoms with van der Waals surface area (Å²) in [6.07, 6.45) is 0.635. The normalized spacial score (nSPS) is 16.4. The predicted octanol–water partition coefficient (Wildman–Crippen LogP) is 1.78. The SMILES string of the molecule is CC(C)(C)[C@H](N)C(=O)Nc1ccc2c(c1F)CCNC2. The molecule has 5 heteroatoms. The summed E-state index contributed by atoms with van der Waals surface area (Å²) in [4.78, 5) is 12.1. The number of carbonyl (C=O) groups is 1. The average molecular weight is 279 g/mol. The highest BCUT2D eigenvalue weighted by Crippen LogP contribution is 2.25. The predicted molar refractivity (Wildman–Crippen MR) is 77.9 cm³/mol. The highest BCUT2D eigenvalue weighted by Gasteiger charge is 2.28. The number of nitrogens with one attached hydrogen (secondary N) is 2. The lowest BCUT2D eigenvalue weighted by atomic mass is 9.87. The van der Waals surface area contributed by atoms with E-state index in [2.05, 4.69) is 10.6 Å². The maximum Gasteiger partial charge on any atom is 0.241 e. The topological polar surface area (TPSA) is 67.2 Å². The minimum Gasteiger partial charge on any atom is -0.322 e. The molecule has 4 N–H and O–H groups in total. The van der Waals surface area contributed by atoms with Gasteiger partial charge in [0.25, 0.3) is 0 Å². The van der Waals surface area contributed by atoms with Crippen molar-refractivity contribution in [1.82, 2.24) is 5.32 Å². The molecule has 0 spiro atoms. The molecule has 1 atom stereocenters. The molecule has 1 aromatic rings. The van der Waals surface area contributed by atoms with Crippen molar-refractivity contribution in [3.63, 3.8) is 0 Å². The summed E-state index contributed by atoms with van der Waals surface area (Å²) in [5.41, 5.74) is 7.38. The van der Waals surface area contributed by atoms with Crippen LogP contribution in [0.1, 0.15) is 31.9 Å². The fourth-order valence-corrected chi connectivity index (χ4v) is 2.23. The summed E-state index contributed by atoms with van der Waals surface area (Å²) in [5, 5.41) is 5.80. The molecule has 1 amide bonds. The van der Waals surface area contributed by atoms with Crippen LogP contribution in [0.2, 0.25) is 0 Å². The van der Waals surface area contributed by atoms with E-state index in [4.69, 9.17) is 5.73 Å². The fraction of sp³-hybridized carbons (Fsp3) is 0.533. The molecule has 1 aromatic carbocycles. The van der Waals surface area contributed by atoms with Gasteiger partial charge in [0, 0.05) is 6.54 Å². The van der Waals surface area contributed by atoms with Gasteiger partial charge in [-0.05, 0) is 35.6 Å². The van der Waals surface area contributed by atoms with Gasteiger partial charge in [-0.1, -0.05) is 26.8 Å². The summed E-state index contributed by atoms with van der Waals surface area (Å²) in [6.45, 7) is 7.06. The van der Waals surface area contributed by atoms with Gasteiger partial charge in [-0.25, -0.2) is 4.39 Å². The van der Waals surface area contributed by atoms with E-state index < -0.39 is 6.04 Å². The zero-order chi connectivity index (χ0) is 14.9. The first-order valence-electron chi connectivity index (χ1n) is 6.88. The molecule has 1 heterocycles. The van der Waals surface area contributed by atoms with Gasteiger partial charge in [0.15, 0.2) is 0 Å². The lowest BCUT2D eigenvalue weighted by molar-refractivity contribution is -0.119. The van der Waals surface area contributed by atoms with Crippen LogP contribution in [0.5, 0.6) is 0 Å². The number of rotatable bonds is 2. The third-order valence-corrected chi connectivity index (χ3v) is 3.68. The van der Waals surface area contributed by atoms with Crippen LogP contribution < -0.4 is 16.4 Å². The third kappa shape index (κ3) is 2.99. The Bertz CT molecular complexity index is 523. The van der Waals surface area contributed by atoms with Gasteiger partial charge in [-0.3, -0.25) is 4.79 Å². The van der Waals surface area contributed by atoms with Gasteiger partial charge in [0.05, 0.1) is 11.7 Å². The quantitative estimate of drug-likeness (QED) is 0.773. The molecule has 0 radical (unpaired) electrons. The van der Waals surface area contributed by atoms with Crippen molar-refractivity contribution in [2.45, 2.75) is 39.8 Å². The van der Waals surface area contributed by atoms with Crippen LogP contribution >= 0.6 is 0 Å². The van der Waals surface area contributed by atoms with Crippen LogP contribution in [0.4, 0.5) is 10.1 Å². The number of anilines is 1. The highest BCUT2D eigenvalue weighted by molar-refractivity contribution is 5.95. The molecule has 0 unspecified atom stereocenters. The summed E-state index contributed by atoms with van der Waals surface area (Å²) >= 11 is 0. The maximum atomic E-state index is 14.4. The van der Waals surface area contributed by atoms with E-state index in [0.29, 0.717) is 18.5 Å². The van der Waals surface area contributed by atoms with E-state index in [1.54, 1.807) is 6.07 Å². The number of halogens is 1. The van der Waals surface area contributed by atoms with E-state index in [1.807, 2.05) is 26.8 Å². The first-order chi connectivity index (χ1) is 9.30. The molecule has 2 rings (SSSR count). The largest absolute Gasteiger partial charge is 0.322 e. The molecule has 0 bridgehead atoms. The second-order valence-corrected chi connectivity index (χ2v) is 6.32. The van der Waals surface area contributed by atoms with E-state index in [-0.39, 0.29) is 22.8 Å². The van der Waals surface area contributed by atoms with Crippen LogP contribution in [-0.4, -0.2) is 18.5 Å². The van der Waals surface area contributed by atoms with E-state index in [9.17, 15) is 9.18 Å². The van der Waals surface area contributed by atoms with Gasteiger partial charge in [-0.15, -0.1) is 0 Å². The van der Waals surface area contributed by atoms with Crippen LogP contribution in [0.15, 0.2) is 12.1 Å². The fourth-order valence-electron chi connectivity index (χ4n) is 2.23. The zero-order valence-electron chi connectivity index (χ0n) is 12.2. The Hall–Kier alpha value is -1.46. The summed E-state index contributed by atoms with van der Waals surface area (Å²) in [5.74, 6) is -0.691. The second kappa shape index (κ2) is 5.50. The molecular formula is C15H22FN3O. The molecular weight excluding hydrogens is 257 g/mol. The van der Waals surface area contributed by atoms with Crippen molar-refractivity contribution < 1.29 is 9.18 Å². The lowest BCUT2D eigenvalue weighted by Crippen LogP contribution is -2.45. The maximum absolute atomic E-state index is 14.4. The number of hydrogen-bond acceptors (Lipinski definition) is 3. The second-order valence-electron chi connectivity index (χ2n) is 6.32. The third-order valence-electron chi connectivity index (χ3n) is 3.68. The first kappa shape index (κ1) is 14.9. The van der Waals surface area contributed by atoms with Crippen LogP contribution in [0, 0.1) is 11.2 Å². The average Bonchev–Trinajstić information content (AvgIpc) is 2.40. The Kier molecular flexibility index (Phi) is 4.11. The van der Waals surface area contributed by atoms with E-state index >= 15 is 0 Å². The number of fused-ring (bicyclic) bond motifs is 1. The van der Waals surface area contributed by atoms with Gasteiger partial charge < -0.3 is 16.4 Å². The molecule has 1 aliphatic rings. The molecule has 20 heavy (non-hydrogen) atoms. The van der Waals surface area contributed by atoms with Crippen molar-refractivity contribution in [1.29, 1.82) is 0 Å². The zero-order valence-corrected chi connectivity index (χ0v) is 12.2. The standard InChI is InChI=1S/C15H22FN3O/c1-15(2,3)13(17)14(20)19-11-5-4-9-8-18-7-6-10(9)12(11)16/h4-5,13,18H,6-8,17H2,1-3H3,(H,19,20)/t13-/m1/s1.